The SMILES string of the molecule is C#C[C@H](OC(=O)C[C@H]1C[C@@H](C(C)=O)C1(C)C)c1ccc(Cl)cc1F. The van der Waals surface area contributed by atoms with Crippen LogP contribution in [0.2, 0.25) is 5.02 Å². The number of halogens is 2. The Balaban J connectivity index is 2.01. The predicted molar refractivity (Wildman–Crippen MR) is 89.8 cm³/mol. The van der Waals surface area contributed by atoms with Crippen LogP contribution in [-0.4, -0.2) is 11.8 Å². The molecule has 0 radical (unpaired) electrons. The summed E-state index contributed by atoms with van der Waals surface area (Å²) in [6.07, 6.45) is 5.10. The Morgan fingerprint density at radius 1 is 1.50 bits per heavy atom. The van der Waals surface area contributed by atoms with Crippen molar-refractivity contribution in [1.82, 2.24) is 0 Å². The molecule has 0 saturated heterocycles. The van der Waals surface area contributed by atoms with Gasteiger partial charge < -0.3 is 4.74 Å². The molecule has 0 N–H and O–H groups in total. The van der Waals surface area contributed by atoms with Gasteiger partial charge in [-0.15, -0.1) is 6.42 Å². The van der Waals surface area contributed by atoms with Crippen molar-refractivity contribution in [2.45, 2.75) is 39.7 Å². The second-order valence-electron chi connectivity index (χ2n) is 6.82. The fraction of sp³-hybridized carbons (Fsp3) is 0.474. The van der Waals surface area contributed by atoms with Gasteiger partial charge >= 0.3 is 5.97 Å². The van der Waals surface area contributed by atoms with E-state index >= 15 is 0 Å². The molecule has 0 aliphatic heterocycles. The number of carbonyl (C=O) groups excluding carboxylic acids is 2. The molecule has 1 aromatic carbocycles. The van der Waals surface area contributed by atoms with Gasteiger partial charge in [-0.2, -0.15) is 0 Å². The molecule has 3 nitrogen and oxygen atoms in total. The van der Waals surface area contributed by atoms with E-state index < -0.39 is 17.9 Å². The fourth-order valence-electron chi connectivity index (χ4n) is 3.33. The molecule has 1 aromatic rings. The van der Waals surface area contributed by atoms with Gasteiger partial charge in [0.2, 0.25) is 0 Å². The number of hydrogen-bond acceptors (Lipinski definition) is 3. The average Bonchev–Trinajstić information content (AvgIpc) is 2.48. The third-order valence-electron chi connectivity index (χ3n) is 5.02. The molecule has 0 amide bonds. The van der Waals surface area contributed by atoms with Gasteiger partial charge in [0.25, 0.3) is 0 Å². The number of esters is 1. The maximum absolute atomic E-state index is 13.9. The minimum Gasteiger partial charge on any atom is -0.444 e. The first-order valence-electron chi connectivity index (χ1n) is 7.77. The zero-order valence-electron chi connectivity index (χ0n) is 13.9. The van der Waals surface area contributed by atoms with Crippen LogP contribution in [0.1, 0.15) is 45.3 Å². The van der Waals surface area contributed by atoms with Gasteiger partial charge in [0.05, 0.1) is 0 Å². The van der Waals surface area contributed by atoms with Crippen LogP contribution in [0.25, 0.3) is 0 Å². The van der Waals surface area contributed by atoms with Crippen LogP contribution in [-0.2, 0) is 14.3 Å². The van der Waals surface area contributed by atoms with Crippen molar-refractivity contribution in [3.05, 3.63) is 34.6 Å². The number of benzene rings is 1. The fourth-order valence-corrected chi connectivity index (χ4v) is 3.49. The summed E-state index contributed by atoms with van der Waals surface area (Å²) in [6, 6.07) is 4.03. The number of rotatable bonds is 5. The predicted octanol–water partition coefficient (Wildman–Crippen LogP) is 4.34. The molecule has 3 atom stereocenters. The molecule has 0 heterocycles. The zero-order valence-corrected chi connectivity index (χ0v) is 14.7. The molecule has 0 bridgehead atoms. The number of ether oxygens (including phenoxy) is 1. The Bertz CT molecular complexity index is 705. The minimum absolute atomic E-state index is 0.0348. The van der Waals surface area contributed by atoms with E-state index in [9.17, 15) is 14.0 Å². The van der Waals surface area contributed by atoms with E-state index in [-0.39, 0.29) is 40.0 Å². The number of ketones is 1. The van der Waals surface area contributed by atoms with E-state index in [0.717, 1.165) is 6.07 Å². The second-order valence-corrected chi connectivity index (χ2v) is 7.26. The maximum atomic E-state index is 13.9. The molecule has 1 fully saturated rings. The number of hydrogen-bond donors (Lipinski definition) is 0. The molecule has 1 aliphatic carbocycles. The van der Waals surface area contributed by atoms with Crippen LogP contribution in [0.3, 0.4) is 0 Å². The largest absolute Gasteiger partial charge is 0.444 e. The van der Waals surface area contributed by atoms with Gasteiger partial charge in [0, 0.05) is 22.9 Å². The van der Waals surface area contributed by atoms with E-state index in [2.05, 4.69) is 5.92 Å². The molecule has 2 rings (SSSR count). The highest BCUT2D eigenvalue weighted by molar-refractivity contribution is 6.30. The third kappa shape index (κ3) is 3.62. The van der Waals surface area contributed by atoms with Gasteiger partial charge in [0.1, 0.15) is 11.6 Å². The van der Waals surface area contributed by atoms with E-state index in [1.807, 2.05) is 13.8 Å². The lowest BCUT2D eigenvalue weighted by Gasteiger charge is -2.50. The highest BCUT2D eigenvalue weighted by atomic mass is 35.5. The molecule has 0 aromatic heterocycles. The topological polar surface area (TPSA) is 43.4 Å². The highest BCUT2D eigenvalue weighted by Crippen LogP contribution is 2.53. The number of Topliss-reactive ketones (excluding diaryl/α,β-unsaturated/α-hetero) is 1. The summed E-state index contributed by atoms with van der Waals surface area (Å²) in [7, 11) is 0. The number of terminal acetylenes is 1. The monoisotopic (exact) mass is 350 g/mol. The normalized spacial score (nSPS) is 22.8. The molecule has 0 spiro atoms. The first-order chi connectivity index (χ1) is 11.2. The van der Waals surface area contributed by atoms with Crippen LogP contribution < -0.4 is 0 Å². The smallest absolute Gasteiger partial charge is 0.307 e. The molecule has 128 valence electrons. The van der Waals surface area contributed by atoms with Crippen LogP contribution in [0, 0.1) is 35.4 Å². The maximum Gasteiger partial charge on any atom is 0.307 e. The van der Waals surface area contributed by atoms with Crippen molar-refractivity contribution in [1.29, 1.82) is 0 Å². The standard InChI is InChI=1S/C19H20ClFO3/c1-5-17(14-7-6-13(20)10-16(14)21)24-18(23)9-12-8-15(11(2)22)19(12,3)4/h1,6-7,10,12,15,17H,8-9H2,2-4H3/t12-,15+,17+/m1/s1. The second kappa shape index (κ2) is 6.94. The Hall–Kier alpha value is -1.86. The van der Waals surface area contributed by atoms with Crippen molar-refractivity contribution in [2.75, 3.05) is 0 Å². The Morgan fingerprint density at radius 3 is 2.67 bits per heavy atom. The molecule has 5 heteroatoms. The molecule has 1 saturated carbocycles. The molecule has 24 heavy (non-hydrogen) atoms. The van der Waals surface area contributed by atoms with Crippen LogP contribution in [0.4, 0.5) is 4.39 Å². The summed E-state index contributed by atoms with van der Waals surface area (Å²) >= 11 is 5.71. The number of carbonyl (C=O) groups is 2. The Kier molecular flexibility index (Phi) is 5.35. The van der Waals surface area contributed by atoms with E-state index in [4.69, 9.17) is 22.8 Å². The van der Waals surface area contributed by atoms with Crippen LogP contribution >= 0.6 is 11.6 Å². The third-order valence-corrected chi connectivity index (χ3v) is 5.26. The Morgan fingerprint density at radius 2 is 2.17 bits per heavy atom. The van der Waals surface area contributed by atoms with Crippen LogP contribution in [0.5, 0.6) is 0 Å². The lowest BCUT2D eigenvalue weighted by molar-refractivity contribution is -0.156. The average molecular weight is 351 g/mol. The molecule has 0 unspecified atom stereocenters. The van der Waals surface area contributed by atoms with E-state index in [1.54, 1.807) is 6.92 Å². The zero-order chi connectivity index (χ0) is 18.1. The van der Waals surface area contributed by atoms with Gasteiger partial charge in [-0.25, -0.2) is 4.39 Å². The molecular weight excluding hydrogens is 331 g/mol. The summed E-state index contributed by atoms with van der Waals surface area (Å²) in [5.74, 6) is 1.33. The minimum atomic E-state index is -1.10. The molecular formula is C19H20ClFO3. The van der Waals surface area contributed by atoms with E-state index in [0.29, 0.717) is 6.42 Å². The summed E-state index contributed by atoms with van der Waals surface area (Å²) in [5.41, 5.74) is -0.146. The summed E-state index contributed by atoms with van der Waals surface area (Å²) in [5, 5.41) is 0.241. The van der Waals surface area contributed by atoms with Crippen molar-refractivity contribution >= 4 is 23.4 Å². The van der Waals surface area contributed by atoms with Crippen molar-refractivity contribution in [2.24, 2.45) is 17.3 Å². The lowest BCUT2D eigenvalue weighted by atomic mass is 9.53. The van der Waals surface area contributed by atoms with Crippen LogP contribution in [0.15, 0.2) is 18.2 Å². The van der Waals surface area contributed by atoms with E-state index in [1.165, 1.54) is 12.1 Å². The highest BCUT2D eigenvalue weighted by Gasteiger charge is 2.50. The quantitative estimate of drug-likeness (QED) is 0.586. The Labute approximate surface area is 146 Å². The summed E-state index contributed by atoms with van der Waals surface area (Å²) in [6.45, 7) is 5.51. The van der Waals surface area contributed by atoms with Crippen molar-refractivity contribution < 1.29 is 18.7 Å². The summed E-state index contributed by atoms with van der Waals surface area (Å²) in [4.78, 5) is 23.7. The van der Waals surface area contributed by atoms with Crippen molar-refractivity contribution in [3.63, 3.8) is 0 Å². The summed E-state index contributed by atoms with van der Waals surface area (Å²) < 4.78 is 19.2. The van der Waals surface area contributed by atoms with Gasteiger partial charge in [-0.3, -0.25) is 9.59 Å². The van der Waals surface area contributed by atoms with Gasteiger partial charge in [-0.05, 0) is 42.9 Å². The van der Waals surface area contributed by atoms with Gasteiger partial charge in [-0.1, -0.05) is 31.4 Å². The lowest BCUT2D eigenvalue weighted by Crippen LogP contribution is -2.49. The van der Waals surface area contributed by atoms with Gasteiger partial charge in [0.15, 0.2) is 6.10 Å². The van der Waals surface area contributed by atoms with Crippen molar-refractivity contribution in [3.8, 4) is 12.3 Å². The molecule has 1 aliphatic rings. The first kappa shape index (κ1) is 18.5. The first-order valence-corrected chi connectivity index (χ1v) is 8.15.